The van der Waals surface area contributed by atoms with E-state index in [0.29, 0.717) is 18.9 Å². The lowest BCUT2D eigenvalue weighted by atomic mass is 9.93. The minimum Gasteiger partial charge on any atom is -0.497 e. The highest BCUT2D eigenvalue weighted by atomic mass is 16.5. The number of amides is 3. The van der Waals surface area contributed by atoms with Crippen LogP contribution in [0.15, 0.2) is 24.3 Å². The number of likely N-dealkylation sites (N-methyl/N-ethyl adjacent to an activating group) is 1. The first-order chi connectivity index (χ1) is 14.0. The van der Waals surface area contributed by atoms with E-state index in [0.717, 1.165) is 69.8 Å². The highest BCUT2D eigenvalue weighted by Gasteiger charge is 2.28. The normalized spacial score (nSPS) is 20.4. The maximum absolute atomic E-state index is 12.8. The molecule has 0 aromatic heterocycles. The van der Waals surface area contributed by atoms with E-state index in [4.69, 9.17) is 4.74 Å². The number of carbonyl (C=O) groups is 2. The average molecular weight is 403 g/mol. The first-order valence-electron chi connectivity index (χ1n) is 10.7. The third-order valence-electron chi connectivity index (χ3n) is 5.97. The highest BCUT2D eigenvalue weighted by molar-refractivity contribution is 5.76. The van der Waals surface area contributed by atoms with Crippen LogP contribution in [0.2, 0.25) is 0 Å². The van der Waals surface area contributed by atoms with E-state index in [1.165, 1.54) is 0 Å². The average Bonchev–Trinajstić information content (AvgIpc) is 2.76. The van der Waals surface area contributed by atoms with E-state index in [1.807, 2.05) is 34.1 Å². The van der Waals surface area contributed by atoms with Crippen molar-refractivity contribution in [1.82, 2.24) is 20.0 Å². The molecule has 0 unspecified atom stereocenters. The van der Waals surface area contributed by atoms with E-state index in [2.05, 4.69) is 17.3 Å². The number of ether oxygens (including phenoxy) is 1. The zero-order chi connectivity index (χ0) is 20.6. The summed E-state index contributed by atoms with van der Waals surface area (Å²) in [6, 6.07) is 7.90. The van der Waals surface area contributed by atoms with Crippen LogP contribution >= 0.6 is 0 Å². The Morgan fingerprint density at radius 2 is 1.93 bits per heavy atom. The monoisotopic (exact) mass is 402 g/mol. The van der Waals surface area contributed by atoms with Gasteiger partial charge >= 0.3 is 6.03 Å². The second-order valence-corrected chi connectivity index (χ2v) is 8.19. The number of piperidine rings is 1. The van der Waals surface area contributed by atoms with Crippen LogP contribution in [0.1, 0.15) is 31.2 Å². The number of rotatable bonds is 6. The Morgan fingerprint density at radius 3 is 2.69 bits per heavy atom. The molecule has 160 valence electrons. The van der Waals surface area contributed by atoms with Crippen LogP contribution in [0.3, 0.4) is 0 Å². The molecule has 1 aromatic carbocycles. The van der Waals surface area contributed by atoms with Gasteiger partial charge in [0.1, 0.15) is 5.75 Å². The molecule has 0 bridgehead atoms. The lowest BCUT2D eigenvalue weighted by Gasteiger charge is -2.39. The molecule has 1 aromatic rings. The van der Waals surface area contributed by atoms with Crippen molar-refractivity contribution in [2.75, 3.05) is 53.4 Å². The molecule has 2 aliphatic rings. The first kappa shape index (κ1) is 21.4. The molecule has 29 heavy (non-hydrogen) atoms. The summed E-state index contributed by atoms with van der Waals surface area (Å²) in [7, 11) is 3.73. The Kier molecular flexibility index (Phi) is 7.75. The molecular formula is C22H34N4O3. The lowest BCUT2D eigenvalue weighted by Crippen LogP contribution is -2.53. The van der Waals surface area contributed by atoms with Gasteiger partial charge in [-0.3, -0.25) is 4.79 Å². The summed E-state index contributed by atoms with van der Waals surface area (Å²) in [5.74, 6) is 1.27. The van der Waals surface area contributed by atoms with E-state index < -0.39 is 0 Å². The number of nitrogens with zero attached hydrogens (tertiary/aromatic N) is 3. The fourth-order valence-electron chi connectivity index (χ4n) is 4.08. The standard InChI is InChI=1S/C22H34N4O3/c1-24-11-13-25(14-12-24)22(28)26-10-4-6-18(17-26)8-9-21(27)23-16-19-5-3-7-20(15-19)29-2/h3,5,7,15,18H,4,6,8-14,16-17H2,1-2H3,(H,23,27)/t18-/m1/s1. The zero-order valence-electron chi connectivity index (χ0n) is 17.7. The molecule has 7 nitrogen and oxygen atoms in total. The summed E-state index contributed by atoms with van der Waals surface area (Å²) < 4.78 is 5.22. The predicted octanol–water partition coefficient (Wildman–Crippen LogP) is 2.17. The highest BCUT2D eigenvalue weighted by Crippen LogP contribution is 2.22. The summed E-state index contributed by atoms with van der Waals surface area (Å²) in [5, 5.41) is 2.99. The predicted molar refractivity (Wildman–Crippen MR) is 113 cm³/mol. The molecule has 2 saturated heterocycles. The van der Waals surface area contributed by atoms with E-state index in [1.54, 1.807) is 7.11 Å². The minimum atomic E-state index is 0.0651. The molecular weight excluding hydrogens is 368 g/mol. The van der Waals surface area contributed by atoms with Crippen molar-refractivity contribution in [2.45, 2.75) is 32.2 Å². The summed E-state index contributed by atoms with van der Waals surface area (Å²) >= 11 is 0. The molecule has 2 aliphatic heterocycles. The van der Waals surface area contributed by atoms with Gasteiger partial charge in [0.25, 0.3) is 0 Å². The Morgan fingerprint density at radius 1 is 1.14 bits per heavy atom. The molecule has 0 spiro atoms. The van der Waals surface area contributed by atoms with E-state index in [9.17, 15) is 9.59 Å². The van der Waals surface area contributed by atoms with Gasteiger partial charge in [-0.25, -0.2) is 4.79 Å². The van der Waals surface area contributed by atoms with Gasteiger partial charge in [0.15, 0.2) is 0 Å². The zero-order valence-corrected chi connectivity index (χ0v) is 17.7. The van der Waals surface area contributed by atoms with Crippen LogP contribution in [-0.4, -0.2) is 80.1 Å². The molecule has 0 aliphatic carbocycles. The maximum Gasteiger partial charge on any atom is 0.320 e. The largest absolute Gasteiger partial charge is 0.497 e. The number of hydrogen-bond donors (Lipinski definition) is 1. The number of nitrogens with one attached hydrogen (secondary N) is 1. The Labute approximate surface area is 174 Å². The maximum atomic E-state index is 12.8. The topological polar surface area (TPSA) is 65.1 Å². The van der Waals surface area contributed by atoms with Gasteiger partial charge < -0.3 is 24.8 Å². The summed E-state index contributed by atoms with van der Waals surface area (Å²) in [4.78, 5) is 31.3. The van der Waals surface area contributed by atoms with E-state index in [-0.39, 0.29) is 11.9 Å². The number of hydrogen-bond acceptors (Lipinski definition) is 4. The lowest BCUT2D eigenvalue weighted by molar-refractivity contribution is -0.121. The first-order valence-corrected chi connectivity index (χ1v) is 10.7. The van der Waals surface area contributed by atoms with Crippen molar-refractivity contribution in [1.29, 1.82) is 0 Å². The quantitative estimate of drug-likeness (QED) is 0.792. The van der Waals surface area contributed by atoms with Crippen LogP contribution in [0.25, 0.3) is 0 Å². The number of piperazine rings is 1. The van der Waals surface area contributed by atoms with Gasteiger partial charge in [-0.2, -0.15) is 0 Å². The number of carbonyl (C=O) groups excluding carboxylic acids is 2. The van der Waals surface area contributed by atoms with Crippen LogP contribution in [0.5, 0.6) is 5.75 Å². The van der Waals surface area contributed by atoms with Crippen molar-refractivity contribution < 1.29 is 14.3 Å². The Bertz CT molecular complexity index is 688. The second-order valence-electron chi connectivity index (χ2n) is 8.19. The van der Waals surface area contributed by atoms with Crippen molar-refractivity contribution in [3.8, 4) is 5.75 Å². The molecule has 0 saturated carbocycles. The molecule has 3 amide bonds. The van der Waals surface area contributed by atoms with Crippen molar-refractivity contribution in [2.24, 2.45) is 5.92 Å². The molecule has 1 N–H and O–H groups in total. The second kappa shape index (κ2) is 10.5. The fourth-order valence-corrected chi connectivity index (χ4v) is 4.08. The SMILES string of the molecule is COc1cccc(CNC(=O)CC[C@H]2CCCN(C(=O)N3CCN(C)CC3)C2)c1. The smallest absolute Gasteiger partial charge is 0.320 e. The van der Waals surface area contributed by atoms with Crippen molar-refractivity contribution >= 4 is 11.9 Å². The van der Waals surface area contributed by atoms with Crippen LogP contribution in [0.4, 0.5) is 4.79 Å². The molecule has 2 fully saturated rings. The fraction of sp³-hybridized carbons (Fsp3) is 0.636. The van der Waals surface area contributed by atoms with Gasteiger partial charge in [0, 0.05) is 52.2 Å². The number of likely N-dealkylation sites (tertiary alicyclic amines) is 1. The van der Waals surface area contributed by atoms with Crippen molar-refractivity contribution in [3.63, 3.8) is 0 Å². The molecule has 0 radical (unpaired) electrons. The Balaban J connectivity index is 1.39. The molecule has 2 heterocycles. The van der Waals surface area contributed by atoms with Gasteiger partial charge in [0.05, 0.1) is 7.11 Å². The molecule has 3 rings (SSSR count). The van der Waals surface area contributed by atoms with Crippen LogP contribution in [0, 0.1) is 5.92 Å². The Hall–Kier alpha value is -2.28. The van der Waals surface area contributed by atoms with Gasteiger partial charge in [-0.05, 0) is 49.9 Å². The third-order valence-corrected chi connectivity index (χ3v) is 5.97. The summed E-state index contributed by atoms with van der Waals surface area (Å²) in [5.41, 5.74) is 1.03. The number of urea groups is 1. The minimum absolute atomic E-state index is 0.0651. The molecule has 7 heteroatoms. The number of methoxy groups -OCH3 is 1. The number of benzene rings is 1. The summed E-state index contributed by atoms with van der Waals surface area (Å²) in [6.07, 6.45) is 3.45. The summed E-state index contributed by atoms with van der Waals surface area (Å²) in [6.45, 7) is 5.62. The van der Waals surface area contributed by atoms with Gasteiger partial charge in [0.2, 0.25) is 5.91 Å². The van der Waals surface area contributed by atoms with Crippen LogP contribution in [-0.2, 0) is 11.3 Å². The van der Waals surface area contributed by atoms with E-state index >= 15 is 0 Å². The van der Waals surface area contributed by atoms with Crippen molar-refractivity contribution in [3.05, 3.63) is 29.8 Å². The third kappa shape index (κ3) is 6.35. The molecule has 1 atom stereocenters. The van der Waals surface area contributed by atoms with Crippen LogP contribution < -0.4 is 10.1 Å². The van der Waals surface area contributed by atoms with Gasteiger partial charge in [-0.15, -0.1) is 0 Å². The van der Waals surface area contributed by atoms with Gasteiger partial charge in [-0.1, -0.05) is 12.1 Å².